The summed E-state index contributed by atoms with van der Waals surface area (Å²) < 4.78 is 74.1. The lowest BCUT2D eigenvalue weighted by molar-refractivity contribution is -0.156. The molecule has 0 radical (unpaired) electrons. The normalized spacial score (nSPS) is 29.7. The van der Waals surface area contributed by atoms with E-state index in [-0.39, 0.29) is 25.8 Å². The Balaban J connectivity index is 1.25. The number of aryl methyl sites for hydroxylation is 2. The minimum atomic E-state index is -4.79. The Bertz CT molecular complexity index is 2020. The molecular formula is C38H46F3N5O7S. The van der Waals surface area contributed by atoms with E-state index < -0.39 is 80.1 Å². The molecule has 2 saturated carbocycles. The van der Waals surface area contributed by atoms with Crippen molar-refractivity contribution >= 4 is 44.6 Å². The first-order valence-electron chi connectivity index (χ1n) is 18.7. The van der Waals surface area contributed by atoms with Gasteiger partial charge in [0.05, 0.1) is 22.5 Å². The van der Waals surface area contributed by atoms with Crippen LogP contribution in [-0.4, -0.2) is 82.6 Å². The molecule has 5 aliphatic rings. The second-order valence-corrected chi connectivity index (χ2v) is 18.2. The van der Waals surface area contributed by atoms with E-state index in [0.29, 0.717) is 69.2 Å². The topological polar surface area (TPSA) is 164 Å². The number of benzene rings is 1. The van der Waals surface area contributed by atoms with Gasteiger partial charge in [0, 0.05) is 23.3 Å². The Labute approximate surface area is 312 Å². The zero-order chi connectivity index (χ0) is 38.7. The number of rotatable bonds is 5. The van der Waals surface area contributed by atoms with Gasteiger partial charge in [-0.05, 0) is 77.7 Å². The fourth-order valence-electron chi connectivity index (χ4n) is 8.44. The maximum absolute atomic E-state index is 14.6. The number of nitrogens with one attached hydrogen (secondary N) is 3. The van der Waals surface area contributed by atoms with Gasteiger partial charge in [0.1, 0.15) is 35.4 Å². The van der Waals surface area contributed by atoms with Gasteiger partial charge in [0.25, 0.3) is 5.91 Å². The van der Waals surface area contributed by atoms with Gasteiger partial charge in [-0.2, -0.15) is 13.2 Å². The number of para-hydroxylation sites is 1. The van der Waals surface area contributed by atoms with E-state index in [1.54, 1.807) is 6.92 Å². The predicted molar refractivity (Wildman–Crippen MR) is 191 cm³/mol. The van der Waals surface area contributed by atoms with Crippen LogP contribution in [0.1, 0.15) is 95.2 Å². The predicted octanol–water partition coefficient (Wildman–Crippen LogP) is 4.43. The molecule has 1 spiro atoms. The molecule has 3 aliphatic heterocycles. The van der Waals surface area contributed by atoms with Gasteiger partial charge in [0.15, 0.2) is 0 Å². The summed E-state index contributed by atoms with van der Waals surface area (Å²) >= 11 is 0. The smallest absolute Gasteiger partial charge is 0.397 e. The van der Waals surface area contributed by atoms with Gasteiger partial charge < -0.3 is 20.3 Å². The number of hydrogen-bond acceptors (Lipinski definition) is 8. The summed E-state index contributed by atoms with van der Waals surface area (Å²) in [5, 5.41) is 6.10. The summed E-state index contributed by atoms with van der Waals surface area (Å²) in [4.78, 5) is 61.8. The fourth-order valence-corrected chi connectivity index (χ4v) is 9.75. The van der Waals surface area contributed by atoms with Crippen LogP contribution in [0.5, 0.6) is 5.75 Å². The Morgan fingerprint density at radius 3 is 2.54 bits per heavy atom. The molecule has 1 aromatic heterocycles. The van der Waals surface area contributed by atoms with Crippen LogP contribution in [-0.2, 0) is 35.6 Å². The SMILES string of the molecule is Cc1nc2ccccc2c2c1OC1(CC2)CC2C(=O)NC3(C(=O)NS(=O)(=O)C4(C)CC4)CCC3C=CCCCCCC(NC(=O)CC(F)(F)F)C(=O)N2C1. The third-order valence-electron chi connectivity index (χ3n) is 12.0. The standard InChI is InChI=1S/C38H46F3N5O7S/c1-23-31-26(25-11-8-9-12-27(25)42-23)15-16-36(53-31)20-29-32(48)44-37(34(50)45-54(51,52)35(2)18-19-35)17-14-24(37)10-6-4-3-5-7-13-28(33(49)46(29)22-36)43-30(47)21-38(39,40)41/h6,8-12,24,28-29H,3-5,7,13-22H2,1-2H3,(H,43,47)(H,44,48)(H,45,50). The molecule has 4 heterocycles. The number of carbonyl (C=O) groups excluding carboxylic acids is 4. The molecule has 0 bridgehead atoms. The van der Waals surface area contributed by atoms with Crippen molar-refractivity contribution in [2.24, 2.45) is 5.92 Å². The van der Waals surface area contributed by atoms with Gasteiger partial charge in [-0.15, -0.1) is 0 Å². The van der Waals surface area contributed by atoms with Gasteiger partial charge in [-0.1, -0.05) is 43.2 Å². The number of sulfonamides is 1. The van der Waals surface area contributed by atoms with Crippen LogP contribution in [0, 0.1) is 12.8 Å². The van der Waals surface area contributed by atoms with E-state index in [4.69, 9.17) is 9.72 Å². The first-order chi connectivity index (χ1) is 25.4. The number of aromatic nitrogens is 1. The summed E-state index contributed by atoms with van der Waals surface area (Å²) in [6.45, 7) is 3.25. The third kappa shape index (κ3) is 7.17. The zero-order valence-electron chi connectivity index (χ0n) is 30.4. The average molecular weight is 774 g/mol. The first-order valence-corrected chi connectivity index (χ1v) is 20.2. The molecule has 292 valence electrons. The van der Waals surface area contributed by atoms with Crippen molar-refractivity contribution in [3.63, 3.8) is 0 Å². The average Bonchev–Trinajstić information content (AvgIpc) is 3.76. The van der Waals surface area contributed by atoms with Crippen LogP contribution >= 0.6 is 0 Å². The van der Waals surface area contributed by atoms with Crippen LogP contribution in [0.25, 0.3) is 10.9 Å². The second kappa shape index (κ2) is 13.8. The summed E-state index contributed by atoms with van der Waals surface area (Å²) in [7, 11) is -4.06. The monoisotopic (exact) mass is 773 g/mol. The molecule has 12 nitrogen and oxygen atoms in total. The number of allylic oxidation sites excluding steroid dienone is 1. The van der Waals surface area contributed by atoms with Crippen molar-refractivity contribution in [3.05, 3.63) is 47.7 Å². The van der Waals surface area contributed by atoms with Crippen LogP contribution in [0.15, 0.2) is 36.4 Å². The quantitative estimate of drug-likeness (QED) is 0.376. The molecule has 16 heteroatoms. The van der Waals surface area contributed by atoms with Crippen molar-refractivity contribution in [1.29, 1.82) is 0 Å². The molecule has 1 aromatic carbocycles. The largest absolute Gasteiger partial charge is 0.483 e. The van der Waals surface area contributed by atoms with Crippen molar-refractivity contribution < 1.29 is 45.5 Å². The molecular weight excluding hydrogens is 728 g/mol. The molecule has 3 fully saturated rings. The summed E-state index contributed by atoms with van der Waals surface area (Å²) in [5.41, 5.74) is -0.387. The van der Waals surface area contributed by atoms with Crippen molar-refractivity contribution in [1.82, 2.24) is 25.2 Å². The maximum atomic E-state index is 14.6. The van der Waals surface area contributed by atoms with E-state index in [1.165, 1.54) is 4.90 Å². The summed E-state index contributed by atoms with van der Waals surface area (Å²) in [6.07, 6.45) is 1.79. The van der Waals surface area contributed by atoms with Crippen molar-refractivity contribution in [2.75, 3.05) is 6.54 Å². The van der Waals surface area contributed by atoms with Crippen molar-refractivity contribution in [3.8, 4) is 5.75 Å². The molecule has 2 aliphatic carbocycles. The third-order valence-corrected chi connectivity index (χ3v) is 14.2. The number of nitrogens with zero attached hydrogens (tertiary/aromatic N) is 2. The van der Waals surface area contributed by atoms with E-state index in [2.05, 4.69) is 15.4 Å². The van der Waals surface area contributed by atoms with E-state index in [1.807, 2.05) is 43.3 Å². The molecule has 54 heavy (non-hydrogen) atoms. The fraction of sp³-hybridized carbons (Fsp3) is 0.605. The highest BCUT2D eigenvalue weighted by Crippen LogP contribution is 2.47. The lowest BCUT2D eigenvalue weighted by Gasteiger charge is -2.48. The second-order valence-electron chi connectivity index (χ2n) is 16.0. The highest BCUT2D eigenvalue weighted by molar-refractivity contribution is 7.91. The Hall–Kier alpha value is -4.21. The molecule has 5 atom stereocenters. The Kier molecular flexibility index (Phi) is 9.75. The molecule has 3 N–H and O–H groups in total. The maximum Gasteiger partial charge on any atom is 0.397 e. The number of pyridine rings is 1. The Morgan fingerprint density at radius 2 is 1.83 bits per heavy atom. The van der Waals surface area contributed by atoms with Crippen LogP contribution in [0.4, 0.5) is 13.2 Å². The minimum absolute atomic E-state index is 0.0198. The van der Waals surface area contributed by atoms with Gasteiger partial charge in [0.2, 0.25) is 27.7 Å². The highest BCUT2D eigenvalue weighted by atomic mass is 32.2. The zero-order valence-corrected chi connectivity index (χ0v) is 31.2. The molecule has 1 saturated heterocycles. The molecule has 5 unspecified atom stereocenters. The number of fused-ring (bicyclic) bond motifs is 5. The van der Waals surface area contributed by atoms with E-state index in [0.717, 1.165) is 16.5 Å². The molecule has 2 aromatic rings. The van der Waals surface area contributed by atoms with Gasteiger partial charge in [-0.3, -0.25) is 23.9 Å². The lowest BCUT2D eigenvalue weighted by Crippen LogP contribution is -2.70. The minimum Gasteiger partial charge on any atom is -0.483 e. The number of alkyl halides is 3. The van der Waals surface area contributed by atoms with Crippen LogP contribution in [0.3, 0.4) is 0 Å². The number of carbonyl (C=O) groups is 4. The summed E-state index contributed by atoms with van der Waals surface area (Å²) in [6, 6.07) is 5.03. The molecule has 4 amide bonds. The number of halogens is 3. The first kappa shape index (κ1) is 38.1. The van der Waals surface area contributed by atoms with Gasteiger partial charge in [-0.25, -0.2) is 13.4 Å². The lowest BCUT2D eigenvalue weighted by atomic mass is 9.65. The van der Waals surface area contributed by atoms with Gasteiger partial charge >= 0.3 is 6.18 Å². The number of amides is 4. The van der Waals surface area contributed by atoms with Crippen molar-refractivity contribution in [2.45, 2.75) is 131 Å². The van der Waals surface area contributed by atoms with Crippen LogP contribution < -0.4 is 20.1 Å². The van der Waals surface area contributed by atoms with E-state index >= 15 is 0 Å². The highest BCUT2D eigenvalue weighted by Gasteiger charge is 2.59. The summed E-state index contributed by atoms with van der Waals surface area (Å²) in [5.74, 6) is -3.65. The number of hydrogen-bond donors (Lipinski definition) is 3. The Morgan fingerprint density at radius 1 is 1.07 bits per heavy atom. The number of ether oxygens (including phenoxy) is 1. The van der Waals surface area contributed by atoms with Crippen LogP contribution in [0.2, 0.25) is 0 Å². The molecule has 7 rings (SSSR count). The van der Waals surface area contributed by atoms with E-state index in [9.17, 15) is 40.8 Å².